The predicted octanol–water partition coefficient (Wildman–Crippen LogP) is 2.79. The second kappa shape index (κ2) is 6.24. The van der Waals surface area contributed by atoms with Gasteiger partial charge in [0.2, 0.25) is 6.79 Å². The maximum Gasteiger partial charge on any atom is 0.315 e. The van der Waals surface area contributed by atoms with Crippen molar-refractivity contribution in [3.05, 3.63) is 23.8 Å². The van der Waals surface area contributed by atoms with Gasteiger partial charge in [0.1, 0.15) is 0 Å². The van der Waals surface area contributed by atoms with Gasteiger partial charge in [-0.05, 0) is 31.0 Å². The van der Waals surface area contributed by atoms with Crippen LogP contribution in [0.1, 0.15) is 39.7 Å². The van der Waals surface area contributed by atoms with Crippen molar-refractivity contribution in [1.82, 2.24) is 10.6 Å². The SMILES string of the molecule is CCC(C)NC(=O)NCC(C)(C)c1ccc2c(c1)OCO2. The summed E-state index contributed by atoms with van der Waals surface area (Å²) in [6.45, 7) is 9.04. The van der Waals surface area contributed by atoms with E-state index in [9.17, 15) is 4.79 Å². The van der Waals surface area contributed by atoms with Crippen LogP contribution in [0.4, 0.5) is 4.79 Å². The molecule has 2 N–H and O–H groups in total. The Morgan fingerprint density at radius 2 is 2.05 bits per heavy atom. The third-order valence-corrected chi connectivity index (χ3v) is 3.83. The van der Waals surface area contributed by atoms with Gasteiger partial charge in [-0.1, -0.05) is 26.8 Å². The lowest BCUT2D eigenvalue weighted by atomic mass is 9.84. The molecule has 1 aliphatic rings. The molecule has 0 radical (unpaired) electrons. The molecule has 0 aromatic heterocycles. The van der Waals surface area contributed by atoms with E-state index in [-0.39, 0.29) is 24.3 Å². The summed E-state index contributed by atoms with van der Waals surface area (Å²) in [6, 6.07) is 5.97. The Bertz CT molecular complexity index is 514. The number of hydrogen-bond acceptors (Lipinski definition) is 3. The number of urea groups is 1. The molecule has 1 aromatic rings. The van der Waals surface area contributed by atoms with E-state index < -0.39 is 0 Å². The highest BCUT2D eigenvalue weighted by Crippen LogP contribution is 2.36. The summed E-state index contributed by atoms with van der Waals surface area (Å²) in [4.78, 5) is 11.8. The first-order valence-electron chi connectivity index (χ1n) is 7.37. The number of carbonyl (C=O) groups excluding carboxylic acids is 1. The first-order chi connectivity index (χ1) is 9.92. The van der Waals surface area contributed by atoms with Crippen LogP contribution in [0.2, 0.25) is 0 Å². The molecule has 0 fully saturated rings. The molecule has 1 aliphatic heterocycles. The summed E-state index contributed by atoms with van der Waals surface area (Å²) in [5.41, 5.74) is 0.920. The Kier molecular flexibility index (Phi) is 4.60. The van der Waals surface area contributed by atoms with E-state index in [1.165, 1.54) is 0 Å². The lowest BCUT2D eigenvalue weighted by Crippen LogP contribution is -2.45. The van der Waals surface area contributed by atoms with Crippen molar-refractivity contribution in [1.29, 1.82) is 0 Å². The van der Waals surface area contributed by atoms with Crippen LogP contribution in [0.5, 0.6) is 11.5 Å². The summed E-state index contributed by atoms with van der Waals surface area (Å²) in [5, 5.41) is 5.83. The minimum Gasteiger partial charge on any atom is -0.454 e. The Morgan fingerprint density at radius 3 is 2.76 bits per heavy atom. The molecule has 0 saturated heterocycles. The van der Waals surface area contributed by atoms with Crippen LogP contribution in [0, 0.1) is 0 Å². The first-order valence-corrected chi connectivity index (χ1v) is 7.37. The summed E-state index contributed by atoms with van der Waals surface area (Å²) in [6.07, 6.45) is 0.916. The third-order valence-electron chi connectivity index (χ3n) is 3.83. The van der Waals surface area contributed by atoms with Gasteiger partial charge in [-0.2, -0.15) is 0 Å². The van der Waals surface area contributed by atoms with Gasteiger partial charge in [-0.15, -0.1) is 0 Å². The number of carbonyl (C=O) groups is 1. The molecule has 2 amide bonds. The smallest absolute Gasteiger partial charge is 0.315 e. The Balaban J connectivity index is 1.96. The van der Waals surface area contributed by atoms with Gasteiger partial charge in [0, 0.05) is 18.0 Å². The van der Waals surface area contributed by atoms with Gasteiger partial charge in [-0.3, -0.25) is 0 Å². The van der Waals surface area contributed by atoms with Crippen molar-refractivity contribution >= 4 is 6.03 Å². The van der Waals surface area contributed by atoms with E-state index in [0.29, 0.717) is 6.54 Å². The molecule has 0 bridgehead atoms. The normalized spacial score (nSPS) is 14.7. The molecular formula is C16H24N2O3. The van der Waals surface area contributed by atoms with Crippen LogP contribution >= 0.6 is 0 Å². The molecule has 0 spiro atoms. The Morgan fingerprint density at radius 1 is 1.33 bits per heavy atom. The fraction of sp³-hybridized carbons (Fsp3) is 0.562. The molecule has 0 saturated carbocycles. The predicted molar refractivity (Wildman–Crippen MR) is 81.9 cm³/mol. The minimum atomic E-state index is -0.187. The molecule has 1 heterocycles. The van der Waals surface area contributed by atoms with Gasteiger partial charge in [0.05, 0.1) is 0 Å². The number of nitrogens with one attached hydrogen (secondary N) is 2. The molecule has 1 unspecified atom stereocenters. The van der Waals surface area contributed by atoms with Crippen molar-refractivity contribution in [2.75, 3.05) is 13.3 Å². The maximum absolute atomic E-state index is 11.8. The van der Waals surface area contributed by atoms with Crippen LogP contribution < -0.4 is 20.1 Å². The highest BCUT2D eigenvalue weighted by molar-refractivity contribution is 5.74. The van der Waals surface area contributed by atoms with Gasteiger partial charge in [0.25, 0.3) is 0 Å². The van der Waals surface area contributed by atoms with Crippen LogP contribution in [0.15, 0.2) is 18.2 Å². The lowest BCUT2D eigenvalue weighted by molar-refractivity contribution is 0.174. The van der Waals surface area contributed by atoms with E-state index in [1.54, 1.807) is 0 Å². The molecule has 5 nitrogen and oxygen atoms in total. The van der Waals surface area contributed by atoms with Gasteiger partial charge in [0.15, 0.2) is 11.5 Å². The zero-order chi connectivity index (χ0) is 15.5. The lowest BCUT2D eigenvalue weighted by Gasteiger charge is -2.26. The summed E-state index contributed by atoms with van der Waals surface area (Å²) >= 11 is 0. The maximum atomic E-state index is 11.8. The fourth-order valence-corrected chi connectivity index (χ4v) is 2.10. The van der Waals surface area contributed by atoms with Crippen LogP contribution in [-0.2, 0) is 5.41 Å². The van der Waals surface area contributed by atoms with Crippen molar-refractivity contribution in [3.8, 4) is 11.5 Å². The molecule has 0 aliphatic carbocycles. The fourth-order valence-electron chi connectivity index (χ4n) is 2.10. The second-order valence-electron chi connectivity index (χ2n) is 6.09. The van der Waals surface area contributed by atoms with E-state index in [0.717, 1.165) is 23.5 Å². The molecule has 5 heteroatoms. The standard InChI is InChI=1S/C16H24N2O3/c1-5-11(2)18-15(19)17-9-16(3,4)12-6-7-13-14(8-12)21-10-20-13/h6-8,11H,5,9-10H2,1-4H3,(H2,17,18,19). The number of fused-ring (bicyclic) bond motifs is 1. The Hall–Kier alpha value is -1.91. The van der Waals surface area contributed by atoms with Crippen LogP contribution in [0.3, 0.4) is 0 Å². The largest absolute Gasteiger partial charge is 0.454 e. The molecular weight excluding hydrogens is 268 g/mol. The van der Waals surface area contributed by atoms with Crippen molar-refractivity contribution in [2.45, 2.75) is 45.6 Å². The monoisotopic (exact) mass is 292 g/mol. The summed E-state index contributed by atoms with van der Waals surface area (Å²) in [5.74, 6) is 1.54. The molecule has 116 valence electrons. The third kappa shape index (κ3) is 3.80. The number of rotatable bonds is 5. The number of amides is 2. The highest BCUT2D eigenvalue weighted by Gasteiger charge is 2.24. The van der Waals surface area contributed by atoms with Crippen LogP contribution in [0.25, 0.3) is 0 Å². The number of ether oxygens (including phenoxy) is 2. The van der Waals surface area contributed by atoms with E-state index in [4.69, 9.17) is 9.47 Å². The van der Waals surface area contributed by atoms with E-state index >= 15 is 0 Å². The number of hydrogen-bond donors (Lipinski definition) is 2. The zero-order valence-corrected chi connectivity index (χ0v) is 13.2. The second-order valence-corrected chi connectivity index (χ2v) is 6.09. The summed E-state index contributed by atoms with van der Waals surface area (Å²) in [7, 11) is 0. The average Bonchev–Trinajstić information content (AvgIpc) is 2.92. The highest BCUT2D eigenvalue weighted by atomic mass is 16.7. The number of benzene rings is 1. The van der Waals surface area contributed by atoms with Gasteiger partial charge >= 0.3 is 6.03 Å². The van der Waals surface area contributed by atoms with Crippen molar-refractivity contribution < 1.29 is 14.3 Å². The minimum absolute atomic E-state index is 0.127. The van der Waals surface area contributed by atoms with Crippen molar-refractivity contribution in [3.63, 3.8) is 0 Å². The zero-order valence-electron chi connectivity index (χ0n) is 13.2. The topological polar surface area (TPSA) is 59.6 Å². The molecule has 2 rings (SSSR count). The average molecular weight is 292 g/mol. The summed E-state index contributed by atoms with van der Waals surface area (Å²) < 4.78 is 10.7. The van der Waals surface area contributed by atoms with Crippen LogP contribution in [-0.4, -0.2) is 25.4 Å². The first kappa shape index (κ1) is 15.5. The van der Waals surface area contributed by atoms with Gasteiger partial charge in [-0.25, -0.2) is 4.79 Å². The molecule has 1 atom stereocenters. The van der Waals surface area contributed by atoms with E-state index in [1.807, 2.05) is 32.0 Å². The van der Waals surface area contributed by atoms with Crippen molar-refractivity contribution in [2.24, 2.45) is 0 Å². The van der Waals surface area contributed by atoms with Gasteiger partial charge < -0.3 is 20.1 Å². The molecule has 21 heavy (non-hydrogen) atoms. The molecule has 1 aromatic carbocycles. The van der Waals surface area contributed by atoms with E-state index in [2.05, 4.69) is 24.5 Å². The quantitative estimate of drug-likeness (QED) is 0.877. The Labute approximate surface area is 126 Å².